The number of methoxy groups -OCH3 is 2. The summed E-state index contributed by atoms with van der Waals surface area (Å²) in [5.41, 5.74) is 6.20. The highest BCUT2D eigenvalue weighted by atomic mass is 32.1. The molecule has 1 fully saturated rings. The molecule has 0 aromatic carbocycles. The second kappa shape index (κ2) is 5.72. The first-order valence-electron chi connectivity index (χ1n) is 5.90. The van der Waals surface area contributed by atoms with Gasteiger partial charge in [-0.15, -0.1) is 0 Å². The third-order valence-electron chi connectivity index (χ3n) is 3.26. The molecule has 0 aliphatic carbocycles. The average Bonchev–Trinajstić information content (AvgIpc) is 3.00. The number of hydrogen-bond acceptors (Lipinski definition) is 7. The van der Waals surface area contributed by atoms with E-state index in [1.165, 1.54) is 11.5 Å². The van der Waals surface area contributed by atoms with Crippen LogP contribution >= 0.6 is 11.5 Å². The van der Waals surface area contributed by atoms with Gasteiger partial charge in [-0.1, -0.05) is 0 Å². The van der Waals surface area contributed by atoms with Crippen molar-refractivity contribution in [2.45, 2.75) is 12.2 Å². The van der Waals surface area contributed by atoms with E-state index in [0.29, 0.717) is 18.7 Å². The highest BCUT2D eigenvalue weighted by molar-refractivity contribution is 7.11. The SMILES string of the molecule is CNC(=O)c1c(N)nsc1N1CC(OC)C(OC)C1. The first-order valence-corrected chi connectivity index (χ1v) is 6.67. The van der Waals surface area contributed by atoms with E-state index in [1.807, 2.05) is 4.90 Å². The van der Waals surface area contributed by atoms with Crippen LogP contribution in [0.25, 0.3) is 0 Å². The maximum atomic E-state index is 11.9. The Morgan fingerprint density at radius 3 is 2.47 bits per heavy atom. The highest BCUT2D eigenvalue weighted by Gasteiger charge is 2.36. The number of anilines is 2. The zero-order valence-corrected chi connectivity index (χ0v) is 12.0. The fraction of sp³-hybridized carbons (Fsp3) is 0.636. The number of carbonyl (C=O) groups excluding carboxylic acids is 1. The molecule has 0 saturated carbocycles. The van der Waals surface area contributed by atoms with E-state index < -0.39 is 0 Å². The van der Waals surface area contributed by atoms with Crippen LogP contribution in [0.5, 0.6) is 0 Å². The smallest absolute Gasteiger partial charge is 0.257 e. The number of aromatic nitrogens is 1. The Kier molecular flexibility index (Phi) is 4.23. The summed E-state index contributed by atoms with van der Waals surface area (Å²) in [4.78, 5) is 13.9. The lowest BCUT2D eigenvalue weighted by Crippen LogP contribution is -2.27. The zero-order valence-electron chi connectivity index (χ0n) is 11.2. The Hall–Kier alpha value is -1.38. The summed E-state index contributed by atoms with van der Waals surface area (Å²) >= 11 is 1.22. The quantitative estimate of drug-likeness (QED) is 0.805. The van der Waals surface area contributed by atoms with E-state index in [9.17, 15) is 4.79 Å². The lowest BCUT2D eigenvalue weighted by Gasteiger charge is -2.16. The summed E-state index contributed by atoms with van der Waals surface area (Å²) in [6.45, 7) is 1.31. The second-order valence-corrected chi connectivity index (χ2v) is 5.03. The molecular weight excluding hydrogens is 268 g/mol. The van der Waals surface area contributed by atoms with Crippen molar-refractivity contribution in [2.24, 2.45) is 0 Å². The summed E-state index contributed by atoms with van der Waals surface area (Å²) in [6, 6.07) is 0. The van der Waals surface area contributed by atoms with Crippen molar-refractivity contribution >= 4 is 28.3 Å². The van der Waals surface area contributed by atoms with Crippen LogP contribution < -0.4 is 16.0 Å². The molecule has 2 rings (SSSR count). The predicted octanol–water partition coefficient (Wildman–Crippen LogP) is -0.0651. The van der Waals surface area contributed by atoms with Gasteiger partial charge in [0.2, 0.25) is 0 Å². The Morgan fingerprint density at radius 1 is 1.42 bits per heavy atom. The van der Waals surface area contributed by atoms with Gasteiger partial charge in [0.15, 0.2) is 5.82 Å². The molecule has 3 N–H and O–H groups in total. The van der Waals surface area contributed by atoms with Crippen molar-refractivity contribution in [3.05, 3.63) is 5.56 Å². The van der Waals surface area contributed by atoms with E-state index in [2.05, 4.69) is 9.69 Å². The predicted molar refractivity (Wildman–Crippen MR) is 73.7 cm³/mol. The van der Waals surface area contributed by atoms with Gasteiger partial charge in [-0.25, -0.2) is 0 Å². The fourth-order valence-electron chi connectivity index (χ4n) is 2.21. The Morgan fingerprint density at radius 2 is 2.00 bits per heavy atom. The maximum absolute atomic E-state index is 11.9. The molecule has 8 heteroatoms. The summed E-state index contributed by atoms with van der Waals surface area (Å²) in [6.07, 6.45) is -0.0447. The normalized spacial score (nSPS) is 22.8. The minimum Gasteiger partial charge on any atom is -0.382 e. The number of nitrogens with one attached hydrogen (secondary N) is 1. The fourth-order valence-corrected chi connectivity index (χ4v) is 3.04. The van der Waals surface area contributed by atoms with Gasteiger partial charge >= 0.3 is 0 Å². The van der Waals surface area contributed by atoms with Crippen molar-refractivity contribution in [3.8, 4) is 0 Å². The lowest BCUT2D eigenvalue weighted by molar-refractivity contribution is -0.00461. The molecule has 1 aromatic rings. The van der Waals surface area contributed by atoms with Crippen molar-refractivity contribution in [3.63, 3.8) is 0 Å². The standard InChI is InChI=1S/C11H18N4O3S/c1-13-10(16)8-9(12)14-19-11(8)15-4-6(17-2)7(5-15)18-3/h6-7H,4-5H2,1-3H3,(H2,12,14)(H,13,16). The molecule has 106 valence electrons. The first-order chi connectivity index (χ1) is 9.12. The van der Waals surface area contributed by atoms with Gasteiger partial charge in [0.25, 0.3) is 5.91 Å². The molecule has 0 radical (unpaired) electrons. The van der Waals surface area contributed by atoms with Crippen LogP contribution in [0.3, 0.4) is 0 Å². The average molecular weight is 286 g/mol. The van der Waals surface area contributed by atoms with Crippen LogP contribution in [-0.2, 0) is 9.47 Å². The van der Waals surface area contributed by atoms with Crippen molar-refractivity contribution in [1.29, 1.82) is 0 Å². The van der Waals surface area contributed by atoms with E-state index >= 15 is 0 Å². The van der Waals surface area contributed by atoms with Crippen LogP contribution in [0.15, 0.2) is 0 Å². The van der Waals surface area contributed by atoms with E-state index in [-0.39, 0.29) is 23.9 Å². The Labute approximate surface area is 115 Å². The monoisotopic (exact) mass is 286 g/mol. The van der Waals surface area contributed by atoms with Crippen molar-refractivity contribution in [2.75, 3.05) is 45.0 Å². The molecule has 1 amide bonds. The van der Waals surface area contributed by atoms with Gasteiger partial charge in [0.1, 0.15) is 22.8 Å². The van der Waals surface area contributed by atoms with Crippen LogP contribution in [0, 0.1) is 0 Å². The highest BCUT2D eigenvalue weighted by Crippen LogP contribution is 2.33. The molecule has 1 aromatic heterocycles. The van der Waals surface area contributed by atoms with Crippen LogP contribution in [-0.4, -0.2) is 56.8 Å². The first kappa shape index (κ1) is 14.0. The van der Waals surface area contributed by atoms with Crippen LogP contribution in [0.1, 0.15) is 10.4 Å². The topological polar surface area (TPSA) is 89.7 Å². The van der Waals surface area contributed by atoms with Gasteiger partial charge in [-0.2, -0.15) is 4.37 Å². The summed E-state index contributed by atoms with van der Waals surface area (Å²) in [7, 11) is 4.88. The number of nitrogen functional groups attached to an aromatic ring is 1. The Bertz CT molecular complexity index is 453. The van der Waals surface area contributed by atoms with Crippen molar-refractivity contribution < 1.29 is 14.3 Å². The maximum Gasteiger partial charge on any atom is 0.257 e. The van der Waals surface area contributed by atoms with Crippen LogP contribution in [0.4, 0.5) is 10.8 Å². The summed E-state index contributed by atoms with van der Waals surface area (Å²) < 4.78 is 14.8. The largest absolute Gasteiger partial charge is 0.382 e. The lowest BCUT2D eigenvalue weighted by atomic mass is 10.3. The molecule has 19 heavy (non-hydrogen) atoms. The molecule has 2 unspecified atom stereocenters. The third kappa shape index (κ3) is 2.51. The molecular formula is C11H18N4O3S. The van der Waals surface area contributed by atoms with Gasteiger partial charge in [0, 0.05) is 34.4 Å². The number of carbonyl (C=O) groups is 1. The van der Waals surface area contributed by atoms with Crippen LogP contribution in [0.2, 0.25) is 0 Å². The van der Waals surface area contributed by atoms with Gasteiger partial charge in [0.05, 0.1) is 0 Å². The molecule has 2 heterocycles. The minimum absolute atomic E-state index is 0.0223. The molecule has 0 spiro atoms. The molecule has 1 aliphatic rings. The van der Waals surface area contributed by atoms with Gasteiger partial charge in [-0.3, -0.25) is 4.79 Å². The van der Waals surface area contributed by atoms with Crippen molar-refractivity contribution in [1.82, 2.24) is 9.69 Å². The number of hydrogen-bond donors (Lipinski definition) is 2. The molecule has 1 aliphatic heterocycles. The minimum atomic E-state index is -0.226. The zero-order chi connectivity index (χ0) is 14.0. The number of nitrogens with two attached hydrogens (primary N) is 1. The van der Waals surface area contributed by atoms with E-state index in [0.717, 1.165) is 5.00 Å². The molecule has 7 nitrogen and oxygen atoms in total. The van der Waals surface area contributed by atoms with Gasteiger partial charge in [-0.05, 0) is 11.5 Å². The third-order valence-corrected chi connectivity index (χ3v) is 4.19. The van der Waals surface area contributed by atoms with E-state index in [4.69, 9.17) is 15.2 Å². The van der Waals surface area contributed by atoms with E-state index in [1.54, 1.807) is 21.3 Å². The molecule has 2 atom stereocenters. The number of amides is 1. The molecule has 0 bridgehead atoms. The number of nitrogens with zero attached hydrogens (tertiary/aromatic N) is 2. The Balaban J connectivity index is 2.26. The van der Waals surface area contributed by atoms with Gasteiger partial charge < -0.3 is 25.4 Å². The second-order valence-electron chi connectivity index (χ2n) is 4.28. The number of rotatable bonds is 4. The summed E-state index contributed by atoms with van der Waals surface area (Å²) in [5, 5.41) is 3.34. The summed E-state index contributed by atoms with van der Waals surface area (Å²) in [5.74, 6) is 0.0327. The number of ether oxygens (including phenoxy) is 2. The molecule has 1 saturated heterocycles.